The molecule has 1 saturated carbocycles. The van der Waals surface area contributed by atoms with E-state index in [4.69, 9.17) is 21.4 Å². The monoisotopic (exact) mass is 400 g/mol. The van der Waals surface area contributed by atoms with Gasteiger partial charge in [0, 0.05) is 23.2 Å². The molecule has 3 rings (SSSR count). The maximum atomic E-state index is 13.4. The SMILES string of the molecule is CCCc1cc(OCc2cc(F)ccc2Cl)n(CC2CCCCC2)n1.Cl. The third-order valence-electron chi connectivity index (χ3n) is 4.84. The molecule has 1 heterocycles. The van der Waals surface area contributed by atoms with Crippen molar-refractivity contribution in [1.82, 2.24) is 9.78 Å². The van der Waals surface area contributed by atoms with Crippen LogP contribution in [-0.2, 0) is 19.6 Å². The molecule has 0 atom stereocenters. The van der Waals surface area contributed by atoms with E-state index in [0.29, 0.717) is 16.5 Å². The standard InChI is InChI=1S/C20H26ClFN2O.ClH/c1-2-6-18-12-20(24(23-18)13-15-7-4-3-5-8-15)25-14-16-11-17(22)9-10-19(16)21;/h9-12,15H,2-8,13-14H2,1H3;1H. The van der Waals surface area contributed by atoms with E-state index in [-0.39, 0.29) is 24.8 Å². The number of aryl methyl sites for hydroxylation is 1. The lowest BCUT2D eigenvalue weighted by molar-refractivity contribution is 0.245. The summed E-state index contributed by atoms with van der Waals surface area (Å²) in [6.45, 7) is 3.29. The molecule has 0 spiro atoms. The van der Waals surface area contributed by atoms with Crippen molar-refractivity contribution < 1.29 is 9.13 Å². The molecule has 0 radical (unpaired) electrons. The third kappa shape index (κ3) is 5.62. The van der Waals surface area contributed by atoms with Gasteiger partial charge in [0.15, 0.2) is 0 Å². The summed E-state index contributed by atoms with van der Waals surface area (Å²) < 4.78 is 21.4. The van der Waals surface area contributed by atoms with Crippen LogP contribution in [0.1, 0.15) is 56.7 Å². The smallest absolute Gasteiger partial charge is 0.212 e. The van der Waals surface area contributed by atoms with E-state index in [1.807, 2.05) is 10.7 Å². The van der Waals surface area contributed by atoms with E-state index in [1.165, 1.54) is 44.2 Å². The van der Waals surface area contributed by atoms with Gasteiger partial charge < -0.3 is 4.74 Å². The number of nitrogens with zero attached hydrogens (tertiary/aromatic N) is 2. The van der Waals surface area contributed by atoms with Crippen molar-refractivity contribution in [3.8, 4) is 5.88 Å². The quantitative estimate of drug-likeness (QED) is 0.552. The first kappa shape index (κ1) is 21.0. The second-order valence-electron chi connectivity index (χ2n) is 6.93. The predicted octanol–water partition coefficient (Wildman–Crippen LogP) is 6.21. The zero-order valence-electron chi connectivity index (χ0n) is 15.2. The highest BCUT2D eigenvalue weighted by atomic mass is 35.5. The Labute approximate surface area is 166 Å². The summed E-state index contributed by atoms with van der Waals surface area (Å²) in [7, 11) is 0. The summed E-state index contributed by atoms with van der Waals surface area (Å²) in [6, 6.07) is 6.37. The molecule has 2 aromatic rings. The molecule has 1 aliphatic rings. The topological polar surface area (TPSA) is 27.1 Å². The Morgan fingerprint density at radius 2 is 2.00 bits per heavy atom. The normalized spacial score (nSPS) is 14.9. The highest BCUT2D eigenvalue weighted by Gasteiger charge is 2.18. The van der Waals surface area contributed by atoms with Crippen molar-refractivity contribution >= 4 is 24.0 Å². The molecule has 26 heavy (non-hydrogen) atoms. The minimum Gasteiger partial charge on any atom is -0.473 e. The average molecular weight is 401 g/mol. The molecule has 0 unspecified atom stereocenters. The third-order valence-corrected chi connectivity index (χ3v) is 5.21. The molecule has 0 aliphatic heterocycles. The molecule has 6 heteroatoms. The molecule has 0 saturated heterocycles. The second kappa shape index (κ2) is 10.2. The summed E-state index contributed by atoms with van der Waals surface area (Å²) in [5, 5.41) is 5.25. The fraction of sp³-hybridized carbons (Fsp3) is 0.550. The Kier molecular flexibility index (Phi) is 8.23. The Balaban J connectivity index is 0.00000243. The largest absolute Gasteiger partial charge is 0.473 e. The van der Waals surface area contributed by atoms with Crippen LogP contribution < -0.4 is 4.74 Å². The molecule has 1 fully saturated rings. The van der Waals surface area contributed by atoms with E-state index in [9.17, 15) is 4.39 Å². The molecule has 1 aliphatic carbocycles. The molecule has 0 N–H and O–H groups in total. The van der Waals surface area contributed by atoms with Gasteiger partial charge in [0.05, 0.1) is 5.69 Å². The molecule has 1 aromatic heterocycles. The van der Waals surface area contributed by atoms with E-state index in [1.54, 1.807) is 6.07 Å². The lowest BCUT2D eigenvalue weighted by Crippen LogP contribution is -2.16. The summed E-state index contributed by atoms with van der Waals surface area (Å²) in [5.74, 6) is 1.13. The van der Waals surface area contributed by atoms with Gasteiger partial charge in [0.1, 0.15) is 12.4 Å². The highest BCUT2D eigenvalue weighted by Crippen LogP contribution is 2.28. The first-order valence-corrected chi connectivity index (χ1v) is 9.67. The number of hydrogen-bond donors (Lipinski definition) is 0. The van der Waals surface area contributed by atoms with Crippen LogP contribution in [0.4, 0.5) is 4.39 Å². The number of hydrogen-bond acceptors (Lipinski definition) is 2. The van der Waals surface area contributed by atoms with Gasteiger partial charge >= 0.3 is 0 Å². The number of ether oxygens (including phenoxy) is 1. The van der Waals surface area contributed by atoms with Crippen LogP contribution in [-0.4, -0.2) is 9.78 Å². The lowest BCUT2D eigenvalue weighted by Gasteiger charge is -2.22. The van der Waals surface area contributed by atoms with E-state index < -0.39 is 0 Å². The zero-order chi connectivity index (χ0) is 17.6. The molecule has 3 nitrogen and oxygen atoms in total. The minimum absolute atomic E-state index is 0. The van der Waals surface area contributed by atoms with Gasteiger partial charge in [-0.25, -0.2) is 9.07 Å². The molecular weight excluding hydrogens is 374 g/mol. The van der Waals surface area contributed by atoms with Crippen molar-refractivity contribution in [3.05, 3.63) is 46.4 Å². The molecule has 0 amide bonds. The van der Waals surface area contributed by atoms with Crippen LogP contribution in [0, 0.1) is 11.7 Å². The maximum Gasteiger partial charge on any atom is 0.212 e. The first-order valence-electron chi connectivity index (χ1n) is 9.29. The van der Waals surface area contributed by atoms with Crippen molar-refractivity contribution in [2.24, 2.45) is 5.92 Å². The average Bonchev–Trinajstić information content (AvgIpc) is 2.98. The van der Waals surface area contributed by atoms with Crippen molar-refractivity contribution in [2.45, 2.75) is 65.0 Å². The lowest BCUT2D eigenvalue weighted by atomic mass is 9.89. The first-order chi connectivity index (χ1) is 12.2. The van der Waals surface area contributed by atoms with Crippen LogP contribution in [0.15, 0.2) is 24.3 Å². The number of aromatic nitrogens is 2. The Morgan fingerprint density at radius 1 is 1.23 bits per heavy atom. The Bertz CT molecular complexity index is 699. The van der Waals surface area contributed by atoms with Crippen LogP contribution in [0.2, 0.25) is 5.02 Å². The summed E-state index contributed by atoms with van der Waals surface area (Å²) >= 11 is 6.14. The van der Waals surface area contributed by atoms with Crippen molar-refractivity contribution in [3.63, 3.8) is 0 Å². The zero-order valence-corrected chi connectivity index (χ0v) is 16.8. The van der Waals surface area contributed by atoms with Gasteiger partial charge in [-0.2, -0.15) is 5.10 Å². The predicted molar refractivity (Wildman–Crippen MR) is 106 cm³/mol. The molecule has 144 valence electrons. The van der Waals surface area contributed by atoms with Crippen LogP contribution in [0.5, 0.6) is 5.88 Å². The molecule has 1 aromatic carbocycles. The van der Waals surface area contributed by atoms with E-state index in [0.717, 1.165) is 31.0 Å². The van der Waals surface area contributed by atoms with Crippen LogP contribution >= 0.6 is 24.0 Å². The fourth-order valence-corrected chi connectivity index (χ4v) is 3.67. The second-order valence-corrected chi connectivity index (χ2v) is 7.34. The Morgan fingerprint density at radius 3 is 2.73 bits per heavy atom. The maximum absolute atomic E-state index is 13.4. The van der Waals surface area contributed by atoms with Crippen LogP contribution in [0.3, 0.4) is 0 Å². The van der Waals surface area contributed by atoms with Gasteiger partial charge in [-0.1, -0.05) is 44.2 Å². The van der Waals surface area contributed by atoms with E-state index in [2.05, 4.69) is 6.92 Å². The molecular formula is C20H27Cl2FN2O. The number of benzene rings is 1. The Hall–Kier alpha value is -1.26. The van der Waals surface area contributed by atoms with Gasteiger partial charge in [0.25, 0.3) is 0 Å². The summed E-state index contributed by atoms with van der Waals surface area (Å²) in [5.41, 5.74) is 1.71. The number of rotatable bonds is 7. The number of halogens is 3. The fourth-order valence-electron chi connectivity index (χ4n) is 3.50. The van der Waals surface area contributed by atoms with Gasteiger partial charge in [-0.05, 0) is 43.4 Å². The highest BCUT2D eigenvalue weighted by molar-refractivity contribution is 6.31. The summed E-state index contributed by atoms with van der Waals surface area (Å²) in [6.07, 6.45) is 8.48. The van der Waals surface area contributed by atoms with Crippen LogP contribution in [0.25, 0.3) is 0 Å². The summed E-state index contributed by atoms with van der Waals surface area (Å²) in [4.78, 5) is 0. The van der Waals surface area contributed by atoms with Gasteiger partial charge in [-0.3, -0.25) is 0 Å². The van der Waals surface area contributed by atoms with Crippen molar-refractivity contribution in [2.75, 3.05) is 0 Å². The van der Waals surface area contributed by atoms with Crippen molar-refractivity contribution in [1.29, 1.82) is 0 Å². The molecule has 0 bridgehead atoms. The van der Waals surface area contributed by atoms with Gasteiger partial charge in [-0.15, -0.1) is 12.4 Å². The minimum atomic E-state index is -0.301. The van der Waals surface area contributed by atoms with E-state index >= 15 is 0 Å². The van der Waals surface area contributed by atoms with Gasteiger partial charge in [0.2, 0.25) is 5.88 Å².